The van der Waals surface area contributed by atoms with Crippen LogP contribution in [0.4, 0.5) is 4.39 Å². The summed E-state index contributed by atoms with van der Waals surface area (Å²) in [6, 6.07) is 3.29. The van der Waals surface area contributed by atoms with Crippen molar-refractivity contribution in [2.24, 2.45) is 0 Å². The highest BCUT2D eigenvalue weighted by molar-refractivity contribution is 14.1. The van der Waals surface area contributed by atoms with E-state index < -0.39 is 15.8 Å². The number of benzene rings is 1. The maximum atomic E-state index is 13.0. The lowest BCUT2D eigenvalue weighted by Gasteiger charge is -2.08. The predicted octanol–water partition coefficient (Wildman–Crippen LogP) is 3.36. The summed E-state index contributed by atoms with van der Waals surface area (Å²) in [6.07, 6.45) is 2.78. The van der Waals surface area contributed by atoms with Crippen molar-refractivity contribution in [3.63, 3.8) is 0 Å². The van der Waals surface area contributed by atoms with Gasteiger partial charge in [-0.05, 0) is 35.5 Å². The van der Waals surface area contributed by atoms with E-state index in [1.807, 2.05) is 0 Å². The van der Waals surface area contributed by atoms with Crippen LogP contribution in [-0.2, 0) is 10.0 Å². The van der Waals surface area contributed by atoms with Gasteiger partial charge in [0, 0.05) is 6.54 Å². The molecule has 0 spiro atoms. The topological polar surface area (TPSA) is 46.2 Å². The molecule has 3 nitrogen and oxygen atoms in total. The zero-order valence-electron chi connectivity index (χ0n) is 9.63. The van der Waals surface area contributed by atoms with E-state index in [2.05, 4.69) is 27.3 Å². The van der Waals surface area contributed by atoms with E-state index in [-0.39, 0.29) is 9.92 Å². The first-order valence-corrected chi connectivity index (χ1v) is 8.87. The highest BCUT2D eigenvalue weighted by atomic mass is 127. The second-order valence-electron chi connectivity index (χ2n) is 3.72. The summed E-state index contributed by atoms with van der Waals surface area (Å²) in [4.78, 5) is -0.210. The van der Waals surface area contributed by atoms with Crippen molar-refractivity contribution in [2.75, 3.05) is 11.0 Å². The van der Waals surface area contributed by atoms with Crippen LogP contribution in [0.5, 0.6) is 0 Å². The molecule has 102 valence electrons. The van der Waals surface area contributed by atoms with E-state index >= 15 is 0 Å². The number of halogens is 3. The molecular weight excluding hydrogens is 392 g/mol. The van der Waals surface area contributed by atoms with Gasteiger partial charge in [-0.15, -0.1) is 0 Å². The van der Waals surface area contributed by atoms with Crippen molar-refractivity contribution in [1.82, 2.24) is 4.72 Å². The van der Waals surface area contributed by atoms with Crippen LogP contribution in [0.25, 0.3) is 0 Å². The summed E-state index contributed by atoms with van der Waals surface area (Å²) in [5, 5.41) is 0.0242. The molecule has 0 unspecified atom stereocenters. The number of rotatable bonds is 7. The zero-order chi connectivity index (χ0) is 13.6. The molecule has 0 saturated carbocycles. The molecule has 0 radical (unpaired) electrons. The highest BCUT2D eigenvalue weighted by Gasteiger charge is 2.17. The van der Waals surface area contributed by atoms with Gasteiger partial charge in [-0.1, -0.05) is 40.6 Å². The highest BCUT2D eigenvalue weighted by Crippen LogP contribution is 2.21. The maximum absolute atomic E-state index is 13.0. The first-order valence-electron chi connectivity index (χ1n) is 5.48. The van der Waals surface area contributed by atoms with Crippen LogP contribution in [0.1, 0.15) is 19.3 Å². The monoisotopic (exact) mass is 405 g/mol. The normalized spacial score (nSPS) is 11.7. The molecule has 0 atom stereocenters. The lowest BCUT2D eigenvalue weighted by Crippen LogP contribution is -2.25. The summed E-state index contributed by atoms with van der Waals surface area (Å²) in [5.41, 5.74) is 0. The number of alkyl halides is 1. The summed E-state index contributed by atoms with van der Waals surface area (Å²) in [5.74, 6) is -0.621. The van der Waals surface area contributed by atoms with Gasteiger partial charge in [-0.3, -0.25) is 0 Å². The van der Waals surface area contributed by atoms with E-state index in [4.69, 9.17) is 11.6 Å². The average Bonchev–Trinajstić information content (AvgIpc) is 2.32. The number of unbranched alkanes of at least 4 members (excludes halogenated alkanes) is 2. The summed E-state index contributed by atoms with van der Waals surface area (Å²) in [7, 11) is -3.72. The van der Waals surface area contributed by atoms with Gasteiger partial charge in [0.2, 0.25) is 10.0 Å². The minimum Gasteiger partial charge on any atom is -0.211 e. The fraction of sp³-hybridized carbons (Fsp3) is 0.455. The summed E-state index contributed by atoms with van der Waals surface area (Å²) in [6.45, 7) is 0.339. The average molecular weight is 406 g/mol. The molecule has 1 aromatic rings. The van der Waals surface area contributed by atoms with Crippen LogP contribution in [0, 0.1) is 5.82 Å². The van der Waals surface area contributed by atoms with E-state index in [9.17, 15) is 12.8 Å². The van der Waals surface area contributed by atoms with Gasteiger partial charge in [-0.2, -0.15) is 0 Å². The summed E-state index contributed by atoms with van der Waals surface area (Å²) < 4.78 is 40.2. The maximum Gasteiger partial charge on any atom is 0.242 e. The Morgan fingerprint density at radius 2 is 2.00 bits per heavy atom. The van der Waals surface area contributed by atoms with Gasteiger partial charge in [0.05, 0.1) is 5.02 Å². The Kier molecular flexibility index (Phi) is 6.83. The fourth-order valence-electron chi connectivity index (χ4n) is 1.36. The second kappa shape index (κ2) is 7.62. The lowest BCUT2D eigenvalue weighted by molar-refractivity contribution is 0.573. The zero-order valence-corrected chi connectivity index (χ0v) is 13.4. The van der Waals surface area contributed by atoms with Crippen LogP contribution in [0.3, 0.4) is 0 Å². The van der Waals surface area contributed by atoms with Gasteiger partial charge >= 0.3 is 0 Å². The Morgan fingerprint density at radius 1 is 1.28 bits per heavy atom. The lowest BCUT2D eigenvalue weighted by atomic mass is 10.3. The Bertz CT molecular complexity index is 496. The molecule has 7 heteroatoms. The Labute approximate surface area is 125 Å². The first kappa shape index (κ1) is 16.1. The molecule has 1 N–H and O–H groups in total. The molecule has 0 aliphatic carbocycles. The smallest absolute Gasteiger partial charge is 0.211 e. The molecule has 18 heavy (non-hydrogen) atoms. The molecule has 0 aliphatic rings. The minimum atomic E-state index is -3.72. The molecule has 1 aromatic carbocycles. The standard InChI is InChI=1S/C11H14ClFINO2S/c12-10-5-4-9(13)8-11(10)18(16,17)15-7-3-1-2-6-14/h4-5,8,15H,1-3,6-7H2. The van der Waals surface area contributed by atoms with E-state index in [1.165, 1.54) is 6.07 Å². The van der Waals surface area contributed by atoms with Crippen LogP contribution >= 0.6 is 34.2 Å². The van der Waals surface area contributed by atoms with E-state index in [1.54, 1.807) is 0 Å². The van der Waals surface area contributed by atoms with Crippen LogP contribution < -0.4 is 4.72 Å². The molecule has 0 saturated heterocycles. The van der Waals surface area contributed by atoms with Gasteiger partial charge in [0.25, 0.3) is 0 Å². The number of nitrogens with one attached hydrogen (secondary N) is 1. The summed E-state index contributed by atoms with van der Waals surface area (Å²) >= 11 is 8.03. The van der Waals surface area contributed by atoms with Gasteiger partial charge in [-0.25, -0.2) is 17.5 Å². The predicted molar refractivity (Wildman–Crippen MR) is 79.3 cm³/mol. The third-order valence-corrected chi connectivity index (χ3v) is 4.99. The second-order valence-corrected chi connectivity index (χ2v) is 6.94. The van der Waals surface area contributed by atoms with Crippen molar-refractivity contribution in [2.45, 2.75) is 24.2 Å². The molecule has 0 heterocycles. The third-order valence-electron chi connectivity index (χ3n) is 2.29. The number of sulfonamides is 1. The van der Waals surface area contributed by atoms with Gasteiger partial charge in [0.1, 0.15) is 10.7 Å². The molecular formula is C11H14ClFINO2S. The van der Waals surface area contributed by atoms with Gasteiger partial charge in [0.15, 0.2) is 0 Å². The van der Waals surface area contributed by atoms with Crippen molar-refractivity contribution >= 4 is 44.2 Å². The van der Waals surface area contributed by atoms with Crippen LogP contribution in [-0.4, -0.2) is 19.4 Å². The molecule has 0 aliphatic heterocycles. The Morgan fingerprint density at radius 3 is 2.67 bits per heavy atom. The largest absolute Gasteiger partial charge is 0.242 e. The Balaban J connectivity index is 2.66. The SMILES string of the molecule is O=S(=O)(NCCCCCI)c1cc(F)ccc1Cl. The molecule has 1 rings (SSSR count). The fourth-order valence-corrected chi connectivity index (χ4v) is 3.49. The van der Waals surface area contributed by atoms with Crippen molar-refractivity contribution in [3.05, 3.63) is 29.0 Å². The van der Waals surface area contributed by atoms with Gasteiger partial charge < -0.3 is 0 Å². The molecule has 0 fully saturated rings. The first-order chi connectivity index (χ1) is 8.47. The molecule has 0 bridgehead atoms. The molecule has 0 amide bonds. The van der Waals surface area contributed by atoms with Crippen molar-refractivity contribution in [3.8, 4) is 0 Å². The van der Waals surface area contributed by atoms with E-state index in [0.29, 0.717) is 6.54 Å². The number of hydrogen-bond donors (Lipinski definition) is 1. The number of hydrogen-bond acceptors (Lipinski definition) is 2. The van der Waals surface area contributed by atoms with Crippen molar-refractivity contribution < 1.29 is 12.8 Å². The molecule has 0 aromatic heterocycles. The van der Waals surface area contributed by atoms with Crippen molar-refractivity contribution in [1.29, 1.82) is 0 Å². The van der Waals surface area contributed by atoms with Crippen LogP contribution in [0.2, 0.25) is 5.02 Å². The van der Waals surface area contributed by atoms with Crippen LogP contribution in [0.15, 0.2) is 23.1 Å². The third kappa shape index (κ3) is 4.99. The quantitative estimate of drug-likeness (QED) is 0.429. The Hall–Kier alpha value is 0.0800. The van der Waals surface area contributed by atoms with E-state index in [0.717, 1.165) is 35.8 Å². The minimum absolute atomic E-state index is 0.0242.